The number of nitrogens with one attached hydrogen (secondary N) is 2. The quantitative estimate of drug-likeness (QED) is 0.710. The summed E-state index contributed by atoms with van der Waals surface area (Å²) in [5.41, 5.74) is 1.33. The van der Waals surface area contributed by atoms with Crippen molar-refractivity contribution in [2.24, 2.45) is 5.92 Å². The molecule has 0 radical (unpaired) electrons. The number of hydrogen-bond acceptors (Lipinski definition) is 3. The molecule has 6 heteroatoms. The first-order valence-electron chi connectivity index (χ1n) is 7.88. The lowest BCUT2D eigenvalue weighted by Gasteiger charge is -2.19. The Labute approximate surface area is 142 Å². The summed E-state index contributed by atoms with van der Waals surface area (Å²) in [7, 11) is 1.69. The Bertz CT molecular complexity index is 611. The number of benzene rings is 1. The van der Waals surface area contributed by atoms with Crippen molar-refractivity contribution in [3.8, 4) is 0 Å². The molecule has 3 amide bonds. The highest BCUT2D eigenvalue weighted by Gasteiger charge is 2.13. The van der Waals surface area contributed by atoms with Crippen LogP contribution in [0, 0.1) is 5.92 Å². The zero-order valence-corrected chi connectivity index (χ0v) is 14.5. The molecule has 130 valence electrons. The molecule has 0 atom stereocenters. The number of hydrogen-bond donors (Lipinski definition) is 2. The molecule has 0 aliphatic heterocycles. The van der Waals surface area contributed by atoms with Crippen LogP contribution in [-0.2, 0) is 20.8 Å². The molecule has 2 N–H and O–H groups in total. The Morgan fingerprint density at radius 1 is 1.25 bits per heavy atom. The van der Waals surface area contributed by atoms with E-state index >= 15 is 0 Å². The minimum atomic E-state index is -0.320. The Morgan fingerprint density at radius 3 is 2.54 bits per heavy atom. The van der Waals surface area contributed by atoms with Crippen LogP contribution in [0.2, 0.25) is 0 Å². The smallest absolute Gasteiger partial charge is 0.247 e. The molecular weight excluding hydrogens is 306 g/mol. The average molecular weight is 331 g/mol. The van der Waals surface area contributed by atoms with Gasteiger partial charge in [-0.1, -0.05) is 38.6 Å². The predicted octanol–water partition coefficient (Wildman–Crippen LogP) is 1.58. The Kier molecular flexibility index (Phi) is 7.68. The van der Waals surface area contributed by atoms with E-state index in [1.807, 2.05) is 19.9 Å². The summed E-state index contributed by atoms with van der Waals surface area (Å²) in [6.07, 6.45) is 1.35. The van der Waals surface area contributed by atoms with E-state index in [0.717, 1.165) is 5.56 Å². The van der Waals surface area contributed by atoms with E-state index in [1.54, 1.807) is 30.1 Å². The second kappa shape index (κ2) is 9.50. The summed E-state index contributed by atoms with van der Waals surface area (Å²) >= 11 is 0. The first kappa shape index (κ1) is 19.4. The van der Waals surface area contributed by atoms with Crippen LogP contribution in [0.3, 0.4) is 0 Å². The SMILES string of the molecule is C=CC(=O)Nc1ccccc1CC(=O)N(C)CCNC(=O)C(C)C. The van der Waals surface area contributed by atoms with Crippen LogP contribution in [-0.4, -0.2) is 42.8 Å². The number of rotatable bonds is 8. The summed E-state index contributed by atoms with van der Waals surface area (Å²) in [5.74, 6) is -0.520. The number of nitrogens with zero attached hydrogens (tertiary/aromatic N) is 1. The van der Waals surface area contributed by atoms with Gasteiger partial charge in [0.2, 0.25) is 17.7 Å². The van der Waals surface area contributed by atoms with Gasteiger partial charge in [-0.2, -0.15) is 0 Å². The number of amides is 3. The Morgan fingerprint density at radius 2 is 1.92 bits per heavy atom. The van der Waals surface area contributed by atoms with Gasteiger partial charge in [-0.05, 0) is 17.7 Å². The molecule has 1 aromatic rings. The van der Waals surface area contributed by atoms with E-state index in [-0.39, 0.29) is 30.1 Å². The first-order chi connectivity index (χ1) is 11.3. The third-order valence-corrected chi connectivity index (χ3v) is 3.50. The number of likely N-dealkylation sites (N-methyl/N-ethyl adjacent to an activating group) is 1. The summed E-state index contributed by atoms with van der Waals surface area (Å²) in [6.45, 7) is 7.89. The van der Waals surface area contributed by atoms with E-state index in [0.29, 0.717) is 18.8 Å². The van der Waals surface area contributed by atoms with Crippen LogP contribution in [0.1, 0.15) is 19.4 Å². The average Bonchev–Trinajstić information content (AvgIpc) is 2.55. The number of para-hydroxylation sites is 1. The molecule has 0 heterocycles. The fraction of sp³-hybridized carbons (Fsp3) is 0.389. The van der Waals surface area contributed by atoms with Crippen LogP contribution >= 0.6 is 0 Å². The number of carbonyl (C=O) groups excluding carboxylic acids is 3. The molecular formula is C18H25N3O3. The van der Waals surface area contributed by atoms with E-state index in [2.05, 4.69) is 17.2 Å². The van der Waals surface area contributed by atoms with Crippen LogP contribution in [0.5, 0.6) is 0 Å². The maximum Gasteiger partial charge on any atom is 0.247 e. The van der Waals surface area contributed by atoms with Gasteiger partial charge in [-0.15, -0.1) is 0 Å². The van der Waals surface area contributed by atoms with Crippen LogP contribution < -0.4 is 10.6 Å². The van der Waals surface area contributed by atoms with Crippen molar-refractivity contribution in [3.05, 3.63) is 42.5 Å². The molecule has 6 nitrogen and oxygen atoms in total. The predicted molar refractivity (Wildman–Crippen MR) is 94.5 cm³/mol. The first-order valence-corrected chi connectivity index (χ1v) is 7.88. The summed E-state index contributed by atoms with van der Waals surface area (Å²) in [4.78, 5) is 36.8. The van der Waals surface area contributed by atoms with Crippen molar-refractivity contribution in [1.29, 1.82) is 0 Å². The fourth-order valence-corrected chi connectivity index (χ4v) is 1.95. The fourth-order valence-electron chi connectivity index (χ4n) is 1.95. The molecule has 1 aromatic carbocycles. The minimum Gasteiger partial charge on any atom is -0.354 e. The largest absolute Gasteiger partial charge is 0.354 e. The lowest BCUT2D eigenvalue weighted by molar-refractivity contribution is -0.130. The van der Waals surface area contributed by atoms with E-state index in [1.165, 1.54) is 6.08 Å². The van der Waals surface area contributed by atoms with Crippen LogP contribution in [0.25, 0.3) is 0 Å². The molecule has 0 bridgehead atoms. The van der Waals surface area contributed by atoms with Gasteiger partial charge < -0.3 is 15.5 Å². The highest BCUT2D eigenvalue weighted by atomic mass is 16.2. The summed E-state index contributed by atoms with van der Waals surface area (Å²) < 4.78 is 0. The number of carbonyl (C=O) groups is 3. The van der Waals surface area contributed by atoms with Crippen molar-refractivity contribution >= 4 is 23.4 Å². The number of anilines is 1. The molecule has 0 saturated carbocycles. The lowest BCUT2D eigenvalue weighted by Crippen LogP contribution is -2.38. The lowest BCUT2D eigenvalue weighted by atomic mass is 10.1. The molecule has 0 saturated heterocycles. The van der Waals surface area contributed by atoms with Gasteiger partial charge in [0.25, 0.3) is 0 Å². The Balaban J connectivity index is 2.59. The standard InChI is InChI=1S/C18H25N3O3/c1-5-16(22)20-15-9-7-6-8-14(15)12-17(23)21(4)11-10-19-18(24)13(2)3/h5-9,13H,1,10-12H2,2-4H3,(H,19,24)(H,20,22). The highest BCUT2D eigenvalue weighted by Crippen LogP contribution is 2.16. The molecule has 0 aromatic heterocycles. The van der Waals surface area contributed by atoms with Gasteiger partial charge in [0.05, 0.1) is 6.42 Å². The van der Waals surface area contributed by atoms with E-state index < -0.39 is 0 Å². The van der Waals surface area contributed by atoms with Crippen molar-refractivity contribution in [2.75, 3.05) is 25.5 Å². The maximum absolute atomic E-state index is 12.3. The zero-order valence-electron chi connectivity index (χ0n) is 14.5. The van der Waals surface area contributed by atoms with Crippen LogP contribution in [0.4, 0.5) is 5.69 Å². The third kappa shape index (κ3) is 6.24. The molecule has 0 aliphatic rings. The monoisotopic (exact) mass is 331 g/mol. The van der Waals surface area contributed by atoms with Gasteiger partial charge in [0.15, 0.2) is 0 Å². The highest BCUT2D eigenvalue weighted by molar-refractivity contribution is 5.99. The minimum absolute atomic E-state index is 0.0340. The molecule has 0 aliphatic carbocycles. The Hall–Kier alpha value is -2.63. The molecule has 1 rings (SSSR count). The van der Waals surface area contributed by atoms with Crippen molar-refractivity contribution in [2.45, 2.75) is 20.3 Å². The molecule has 0 unspecified atom stereocenters. The molecule has 0 spiro atoms. The normalized spacial score (nSPS) is 10.2. The van der Waals surface area contributed by atoms with Crippen molar-refractivity contribution in [3.63, 3.8) is 0 Å². The van der Waals surface area contributed by atoms with Crippen molar-refractivity contribution in [1.82, 2.24) is 10.2 Å². The second-order valence-corrected chi connectivity index (χ2v) is 5.79. The van der Waals surface area contributed by atoms with Gasteiger partial charge in [-0.25, -0.2) is 0 Å². The van der Waals surface area contributed by atoms with Crippen LogP contribution in [0.15, 0.2) is 36.9 Å². The van der Waals surface area contributed by atoms with Gasteiger partial charge in [-0.3, -0.25) is 14.4 Å². The maximum atomic E-state index is 12.3. The van der Waals surface area contributed by atoms with E-state index in [4.69, 9.17) is 0 Å². The molecule has 24 heavy (non-hydrogen) atoms. The van der Waals surface area contributed by atoms with Gasteiger partial charge >= 0.3 is 0 Å². The zero-order chi connectivity index (χ0) is 18.1. The van der Waals surface area contributed by atoms with Crippen molar-refractivity contribution < 1.29 is 14.4 Å². The van der Waals surface area contributed by atoms with E-state index in [9.17, 15) is 14.4 Å². The second-order valence-electron chi connectivity index (χ2n) is 5.79. The third-order valence-electron chi connectivity index (χ3n) is 3.50. The summed E-state index contributed by atoms with van der Waals surface area (Å²) in [5, 5.41) is 5.47. The van der Waals surface area contributed by atoms with Gasteiger partial charge in [0, 0.05) is 31.7 Å². The summed E-state index contributed by atoms with van der Waals surface area (Å²) in [6, 6.07) is 7.14. The van der Waals surface area contributed by atoms with Gasteiger partial charge in [0.1, 0.15) is 0 Å². The molecule has 0 fully saturated rings. The topological polar surface area (TPSA) is 78.5 Å².